The highest BCUT2D eigenvalue weighted by Gasteiger charge is 2.30. The lowest BCUT2D eigenvalue weighted by molar-refractivity contribution is -0.137. The maximum Gasteiger partial charge on any atom is 0.416 e. The predicted octanol–water partition coefficient (Wildman–Crippen LogP) is 5.64. The molecule has 0 spiro atoms. The first kappa shape index (κ1) is 19.2. The molecule has 0 atom stereocenters. The third-order valence-electron chi connectivity index (χ3n) is 4.25. The van der Waals surface area contributed by atoms with Gasteiger partial charge in [-0.2, -0.15) is 13.2 Å². The lowest BCUT2D eigenvalue weighted by Gasteiger charge is -2.08. The van der Waals surface area contributed by atoms with Gasteiger partial charge in [-0.15, -0.1) is 10.2 Å². The number of hydrogen-bond donors (Lipinski definition) is 0. The van der Waals surface area contributed by atoms with E-state index in [9.17, 15) is 13.2 Å². The van der Waals surface area contributed by atoms with E-state index >= 15 is 0 Å². The van der Waals surface area contributed by atoms with Crippen molar-refractivity contribution in [2.45, 2.75) is 17.0 Å². The van der Waals surface area contributed by atoms with Gasteiger partial charge >= 0.3 is 6.18 Å². The number of imidazole rings is 1. The normalized spacial score (nSPS) is 11.6. The highest BCUT2D eigenvalue weighted by molar-refractivity contribution is 7.98. The second kappa shape index (κ2) is 8.08. The van der Waals surface area contributed by atoms with Crippen molar-refractivity contribution in [2.24, 2.45) is 0 Å². The summed E-state index contributed by atoms with van der Waals surface area (Å²) >= 11 is 1.35. The summed E-state index contributed by atoms with van der Waals surface area (Å²) < 4.78 is 40.3. The third kappa shape index (κ3) is 4.65. The van der Waals surface area contributed by atoms with Crippen molar-refractivity contribution in [1.82, 2.24) is 19.7 Å². The van der Waals surface area contributed by atoms with Crippen LogP contribution in [0.5, 0.6) is 0 Å². The van der Waals surface area contributed by atoms with Crippen LogP contribution >= 0.6 is 11.8 Å². The van der Waals surface area contributed by atoms with Gasteiger partial charge in [0.15, 0.2) is 0 Å². The molecule has 0 saturated carbocycles. The van der Waals surface area contributed by atoms with Crippen LogP contribution in [0.3, 0.4) is 0 Å². The molecular weight excluding hydrogens is 397 g/mol. The zero-order chi connectivity index (χ0) is 20.3. The molecule has 4 aromatic rings. The summed E-state index contributed by atoms with van der Waals surface area (Å²) in [6.45, 7) is 0. The van der Waals surface area contributed by atoms with Crippen LogP contribution < -0.4 is 0 Å². The van der Waals surface area contributed by atoms with Gasteiger partial charge in [-0.25, -0.2) is 4.98 Å². The SMILES string of the molecule is FC(F)(F)c1cccc(CSc2ccc(-c3ccc(-n4ccnc4)cc3)nn2)c1. The van der Waals surface area contributed by atoms with E-state index in [1.54, 1.807) is 18.6 Å². The number of nitrogens with zero attached hydrogens (tertiary/aromatic N) is 4. The van der Waals surface area contributed by atoms with Crippen LogP contribution in [0.15, 0.2) is 84.4 Å². The number of aromatic nitrogens is 4. The monoisotopic (exact) mass is 412 g/mol. The minimum absolute atomic E-state index is 0.386. The summed E-state index contributed by atoms with van der Waals surface area (Å²) in [6, 6.07) is 16.8. The van der Waals surface area contributed by atoms with Gasteiger partial charge in [0.2, 0.25) is 0 Å². The molecule has 0 fully saturated rings. The molecule has 0 bridgehead atoms. The van der Waals surface area contributed by atoms with Crippen molar-refractivity contribution in [1.29, 1.82) is 0 Å². The minimum atomic E-state index is -4.34. The summed E-state index contributed by atoms with van der Waals surface area (Å²) in [5, 5.41) is 9.08. The Morgan fingerprint density at radius 1 is 0.931 bits per heavy atom. The average molecular weight is 412 g/mol. The standard InChI is InChI=1S/C21H15F3N4S/c22-21(23,24)17-3-1-2-15(12-17)13-29-20-9-8-19(26-27-20)16-4-6-18(7-5-16)28-11-10-25-14-28/h1-12,14H,13H2. The molecule has 146 valence electrons. The van der Waals surface area contributed by atoms with Gasteiger partial charge in [0.25, 0.3) is 0 Å². The van der Waals surface area contributed by atoms with Gasteiger partial charge in [-0.3, -0.25) is 0 Å². The molecular formula is C21H15F3N4S. The second-order valence-corrected chi connectivity index (χ2v) is 7.26. The summed E-state index contributed by atoms with van der Waals surface area (Å²) in [4.78, 5) is 4.03. The molecule has 0 unspecified atom stereocenters. The van der Waals surface area contributed by atoms with Crippen LogP contribution in [-0.4, -0.2) is 19.7 Å². The molecule has 0 aliphatic carbocycles. The summed E-state index contributed by atoms with van der Waals surface area (Å²) in [7, 11) is 0. The molecule has 0 amide bonds. The fourth-order valence-electron chi connectivity index (χ4n) is 2.76. The molecule has 0 aliphatic heterocycles. The van der Waals surface area contributed by atoms with E-state index in [1.165, 1.54) is 17.8 Å². The molecule has 4 rings (SSSR count). The van der Waals surface area contributed by atoms with E-state index < -0.39 is 11.7 Å². The molecule has 29 heavy (non-hydrogen) atoms. The zero-order valence-corrected chi connectivity index (χ0v) is 15.9. The molecule has 2 heterocycles. The van der Waals surface area contributed by atoms with Crippen molar-refractivity contribution in [3.63, 3.8) is 0 Å². The van der Waals surface area contributed by atoms with Crippen molar-refractivity contribution in [2.75, 3.05) is 0 Å². The summed E-state index contributed by atoms with van der Waals surface area (Å²) in [6.07, 6.45) is 0.973. The van der Waals surface area contributed by atoms with E-state index in [0.29, 0.717) is 16.3 Å². The Kier molecular flexibility index (Phi) is 5.35. The molecule has 0 N–H and O–H groups in total. The zero-order valence-electron chi connectivity index (χ0n) is 15.0. The van der Waals surface area contributed by atoms with Crippen LogP contribution in [0, 0.1) is 0 Å². The molecule has 2 aromatic heterocycles. The first-order valence-corrected chi connectivity index (χ1v) is 9.69. The predicted molar refractivity (Wildman–Crippen MR) is 106 cm³/mol. The van der Waals surface area contributed by atoms with Gasteiger partial charge in [-0.05, 0) is 35.9 Å². The lowest BCUT2D eigenvalue weighted by Crippen LogP contribution is -2.04. The Hall–Kier alpha value is -3.13. The van der Waals surface area contributed by atoms with Gasteiger partial charge < -0.3 is 4.57 Å². The van der Waals surface area contributed by atoms with Crippen LogP contribution in [0.2, 0.25) is 0 Å². The van der Waals surface area contributed by atoms with E-state index in [1.807, 2.05) is 47.2 Å². The fraction of sp³-hybridized carbons (Fsp3) is 0.0952. The van der Waals surface area contributed by atoms with Crippen LogP contribution in [0.4, 0.5) is 13.2 Å². The van der Waals surface area contributed by atoms with E-state index in [4.69, 9.17) is 0 Å². The van der Waals surface area contributed by atoms with Crippen LogP contribution in [-0.2, 0) is 11.9 Å². The topological polar surface area (TPSA) is 43.6 Å². The Bertz CT molecular complexity index is 1080. The first-order chi connectivity index (χ1) is 14.0. The maximum absolute atomic E-state index is 12.8. The molecule has 4 nitrogen and oxygen atoms in total. The molecule has 2 aromatic carbocycles. The van der Waals surface area contributed by atoms with E-state index in [-0.39, 0.29) is 0 Å². The third-order valence-corrected chi connectivity index (χ3v) is 5.24. The number of benzene rings is 2. The molecule has 0 radical (unpaired) electrons. The van der Waals surface area contributed by atoms with E-state index in [2.05, 4.69) is 15.2 Å². The number of alkyl halides is 3. The molecule has 8 heteroatoms. The van der Waals surface area contributed by atoms with Gasteiger partial charge in [0.05, 0.1) is 17.6 Å². The van der Waals surface area contributed by atoms with E-state index in [0.717, 1.165) is 29.1 Å². The Morgan fingerprint density at radius 3 is 2.41 bits per heavy atom. The Balaban J connectivity index is 1.42. The van der Waals surface area contributed by atoms with Crippen LogP contribution in [0.1, 0.15) is 11.1 Å². The molecule has 0 aliphatic rings. The highest BCUT2D eigenvalue weighted by atomic mass is 32.2. The second-order valence-electron chi connectivity index (χ2n) is 6.26. The average Bonchev–Trinajstić information content (AvgIpc) is 3.27. The first-order valence-electron chi connectivity index (χ1n) is 8.70. The lowest BCUT2D eigenvalue weighted by atomic mass is 10.1. The maximum atomic E-state index is 12.8. The highest BCUT2D eigenvalue weighted by Crippen LogP contribution is 2.31. The van der Waals surface area contributed by atoms with Gasteiger partial charge in [-0.1, -0.05) is 42.1 Å². The number of rotatable bonds is 5. The van der Waals surface area contributed by atoms with Crippen molar-refractivity contribution in [3.8, 4) is 16.9 Å². The Labute approximate surface area is 169 Å². The minimum Gasteiger partial charge on any atom is -0.306 e. The van der Waals surface area contributed by atoms with Gasteiger partial charge in [0.1, 0.15) is 5.03 Å². The van der Waals surface area contributed by atoms with Crippen molar-refractivity contribution < 1.29 is 13.2 Å². The van der Waals surface area contributed by atoms with Gasteiger partial charge in [0, 0.05) is 29.4 Å². The largest absolute Gasteiger partial charge is 0.416 e. The smallest absolute Gasteiger partial charge is 0.306 e. The van der Waals surface area contributed by atoms with Crippen molar-refractivity contribution in [3.05, 3.63) is 90.5 Å². The quantitative estimate of drug-likeness (QED) is 0.398. The number of halogens is 3. The number of thioether (sulfide) groups is 1. The number of hydrogen-bond acceptors (Lipinski definition) is 4. The molecule has 0 saturated heterocycles. The van der Waals surface area contributed by atoms with Crippen LogP contribution in [0.25, 0.3) is 16.9 Å². The summed E-state index contributed by atoms with van der Waals surface area (Å²) in [5.74, 6) is 0.386. The van der Waals surface area contributed by atoms with Crippen molar-refractivity contribution >= 4 is 11.8 Å². The fourth-order valence-corrected chi connectivity index (χ4v) is 3.52. The summed E-state index contributed by atoms with van der Waals surface area (Å²) in [5.41, 5.74) is 2.59. The Morgan fingerprint density at radius 2 is 1.76 bits per heavy atom.